The Bertz CT molecular complexity index is 187. The fraction of sp³-hybridized carbons (Fsp3) is 1.00. The molecule has 0 fully saturated rings. The zero-order valence-corrected chi connectivity index (χ0v) is 6.91. The lowest BCUT2D eigenvalue weighted by molar-refractivity contribution is -0.303. The third-order valence-corrected chi connectivity index (χ3v) is 2.12. The van der Waals surface area contributed by atoms with Crippen molar-refractivity contribution in [2.24, 2.45) is 0 Å². The maximum absolute atomic E-state index is 10.7. The fourth-order valence-corrected chi connectivity index (χ4v) is 1.30. The molecule has 0 unspecified atom stereocenters. The summed E-state index contributed by atoms with van der Waals surface area (Å²) in [7, 11) is -3.59. The van der Waals surface area contributed by atoms with Crippen LogP contribution in [0.5, 0.6) is 0 Å². The molecule has 0 rings (SSSR count). The van der Waals surface area contributed by atoms with E-state index < -0.39 is 15.9 Å². The molecule has 0 aliphatic heterocycles. The first-order valence-electron chi connectivity index (χ1n) is 3.00. The zero-order valence-electron chi connectivity index (χ0n) is 6.10. The van der Waals surface area contributed by atoms with Gasteiger partial charge in [-0.15, -0.1) is 0 Å². The summed E-state index contributed by atoms with van der Waals surface area (Å²) in [5, 5.41) is 16.1. The normalized spacial score (nSPS) is 12.4. The highest BCUT2D eigenvalue weighted by Crippen LogP contribution is 1.92. The van der Waals surface area contributed by atoms with Crippen molar-refractivity contribution in [2.45, 2.75) is 6.92 Å². The minimum atomic E-state index is -3.59. The van der Waals surface area contributed by atoms with Crippen molar-refractivity contribution >= 4 is 10.1 Å². The summed E-state index contributed by atoms with van der Waals surface area (Å²) in [6.07, 6.45) is 0. The fourth-order valence-electron chi connectivity index (χ4n) is 0.432. The molecular weight excluding hydrogens is 174 g/mol. The number of hydroxylamine groups is 2. The second-order valence-electron chi connectivity index (χ2n) is 1.76. The Morgan fingerprint density at radius 2 is 2.00 bits per heavy atom. The van der Waals surface area contributed by atoms with Crippen molar-refractivity contribution in [3.05, 3.63) is 0 Å². The standard InChI is InChI=1S/C4H11NO5S/c1-2-10-11(8,9)4-3-5(6)7/h6-7H,2-4H2,1H3. The van der Waals surface area contributed by atoms with Gasteiger partial charge in [0.15, 0.2) is 0 Å². The quantitative estimate of drug-likeness (QED) is 0.440. The Kier molecular flexibility index (Phi) is 4.54. The van der Waals surface area contributed by atoms with Crippen LogP contribution in [0.15, 0.2) is 0 Å². The summed E-state index contributed by atoms with van der Waals surface area (Å²) >= 11 is 0. The van der Waals surface area contributed by atoms with E-state index >= 15 is 0 Å². The molecule has 0 atom stereocenters. The van der Waals surface area contributed by atoms with E-state index in [-0.39, 0.29) is 18.4 Å². The number of nitrogens with zero attached hydrogens (tertiary/aromatic N) is 1. The molecule has 0 radical (unpaired) electrons. The highest BCUT2D eigenvalue weighted by atomic mass is 32.2. The molecule has 0 aliphatic carbocycles. The van der Waals surface area contributed by atoms with Crippen LogP contribution in [0.3, 0.4) is 0 Å². The van der Waals surface area contributed by atoms with Crippen LogP contribution in [0.25, 0.3) is 0 Å². The summed E-state index contributed by atoms with van der Waals surface area (Å²) in [4.78, 5) is 0. The van der Waals surface area contributed by atoms with Gasteiger partial charge in [-0.25, -0.2) is 0 Å². The van der Waals surface area contributed by atoms with E-state index in [1.807, 2.05) is 0 Å². The van der Waals surface area contributed by atoms with Crippen LogP contribution >= 0.6 is 0 Å². The predicted molar refractivity (Wildman–Crippen MR) is 35.7 cm³/mol. The molecule has 2 N–H and O–H groups in total. The second kappa shape index (κ2) is 4.62. The van der Waals surface area contributed by atoms with E-state index in [2.05, 4.69) is 4.18 Å². The number of hydrogen-bond donors (Lipinski definition) is 2. The average molecular weight is 185 g/mol. The van der Waals surface area contributed by atoms with Gasteiger partial charge in [0.1, 0.15) is 0 Å². The summed E-state index contributed by atoms with van der Waals surface area (Å²) in [5.74, 6) is -0.437. The minimum absolute atomic E-state index is 0.0548. The SMILES string of the molecule is CCOS(=O)(=O)CCN(O)O. The topological polar surface area (TPSA) is 87.1 Å². The van der Waals surface area contributed by atoms with Crippen LogP contribution < -0.4 is 0 Å². The van der Waals surface area contributed by atoms with Crippen LogP contribution in [0.4, 0.5) is 0 Å². The maximum atomic E-state index is 10.7. The molecule has 68 valence electrons. The van der Waals surface area contributed by atoms with Gasteiger partial charge in [-0.2, -0.15) is 8.42 Å². The first kappa shape index (κ1) is 10.8. The van der Waals surface area contributed by atoms with Crippen LogP contribution in [0, 0.1) is 0 Å². The van der Waals surface area contributed by atoms with Gasteiger partial charge in [-0.3, -0.25) is 14.6 Å². The molecule has 0 aromatic carbocycles. The van der Waals surface area contributed by atoms with E-state index in [1.165, 1.54) is 6.92 Å². The Morgan fingerprint density at radius 3 is 2.36 bits per heavy atom. The van der Waals surface area contributed by atoms with Crippen molar-refractivity contribution in [1.82, 2.24) is 5.23 Å². The molecule has 0 saturated heterocycles. The van der Waals surface area contributed by atoms with Gasteiger partial charge < -0.3 is 0 Å². The van der Waals surface area contributed by atoms with Crippen LogP contribution in [-0.2, 0) is 14.3 Å². The smallest absolute Gasteiger partial charge is 0.268 e. The van der Waals surface area contributed by atoms with Gasteiger partial charge in [-0.1, -0.05) is 5.23 Å². The van der Waals surface area contributed by atoms with Gasteiger partial charge in [0.2, 0.25) is 0 Å². The van der Waals surface area contributed by atoms with E-state index in [0.29, 0.717) is 0 Å². The van der Waals surface area contributed by atoms with Crippen molar-refractivity contribution < 1.29 is 23.0 Å². The molecular formula is C4H11NO5S. The largest absolute Gasteiger partial charge is 0.290 e. The van der Waals surface area contributed by atoms with E-state index in [0.717, 1.165) is 0 Å². The Labute approximate surface area is 65.0 Å². The van der Waals surface area contributed by atoms with Crippen molar-refractivity contribution in [3.63, 3.8) is 0 Å². The molecule has 11 heavy (non-hydrogen) atoms. The molecule has 0 amide bonds. The molecule has 0 saturated carbocycles. The average Bonchev–Trinajstić information content (AvgIpc) is 1.84. The van der Waals surface area contributed by atoms with Crippen molar-refractivity contribution in [3.8, 4) is 0 Å². The molecule has 0 spiro atoms. The summed E-state index contributed by atoms with van der Waals surface area (Å²) in [6.45, 7) is 1.20. The highest BCUT2D eigenvalue weighted by molar-refractivity contribution is 7.86. The highest BCUT2D eigenvalue weighted by Gasteiger charge is 2.10. The van der Waals surface area contributed by atoms with Gasteiger partial charge >= 0.3 is 0 Å². The third-order valence-electron chi connectivity index (χ3n) is 0.839. The Hall–Kier alpha value is -0.210. The van der Waals surface area contributed by atoms with E-state index in [4.69, 9.17) is 10.4 Å². The second-order valence-corrected chi connectivity index (χ2v) is 3.52. The first-order chi connectivity index (χ1) is 4.98. The zero-order chi connectivity index (χ0) is 8.91. The predicted octanol–water partition coefficient (Wildman–Crippen LogP) is -0.567. The molecule has 0 bridgehead atoms. The molecule has 0 aromatic heterocycles. The van der Waals surface area contributed by atoms with Crippen molar-refractivity contribution in [1.29, 1.82) is 0 Å². The molecule has 0 aromatic rings. The molecule has 6 nitrogen and oxygen atoms in total. The lowest BCUT2D eigenvalue weighted by Crippen LogP contribution is -2.24. The lowest BCUT2D eigenvalue weighted by atomic mass is 10.8. The Balaban J connectivity index is 3.74. The first-order valence-corrected chi connectivity index (χ1v) is 4.58. The minimum Gasteiger partial charge on any atom is -0.290 e. The van der Waals surface area contributed by atoms with Gasteiger partial charge in [0.25, 0.3) is 10.1 Å². The summed E-state index contributed by atoms with van der Waals surface area (Å²) in [5.41, 5.74) is 0. The third kappa shape index (κ3) is 6.20. The van der Waals surface area contributed by atoms with Gasteiger partial charge in [-0.05, 0) is 6.92 Å². The van der Waals surface area contributed by atoms with Crippen LogP contribution in [-0.4, -0.2) is 43.0 Å². The maximum Gasteiger partial charge on any atom is 0.268 e. The van der Waals surface area contributed by atoms with E-state index in [1.54, 1.807) is 0 Å². The summed E-state index contributed by atoms with van der Waals surface area (Å²) in [6, 6.07) is 0. The van der Waals surface area contributed by atoms with Gasteiger partial charge in [0.05, 0.1) is 18.9 Å². The van der Waals surface area contributed by atoms with Crippen LogP contribution in [0.1, 0.15) is 6.92 Å². The Morgan fingerprint density at radius 1 is 1.45 bits per heavy atom. The number of rotatable bonds is 5. The van der Waals surface area contributed by atoms with Crippen LogP contribution in [0.2, 0.25) is 0 Å². The van der Waals surface area contributed by atoms with Crippen molar-refractivity contribution in [2.75, 3.05) is 18.9 Å². The molecule has 0 heterocycles. The lowest BCUT2D eigenvalue weighted by Gasteiger charge is -2.05. The molecule has 7 heteroatoms. The number of hydrogen-bond acceptors (Lipinski definition) is 6. The monoisotopic (exact) mass is 185 g/mol. The molecule has 0 aliphatic rings. The summed E-state index contributed by atoms with van der Waals surface area (Å²) < 4.78 is 25.6. The van der Waals surface area contributed by atoms with E-state index in [9.17, 15) is 8.42 Å². The van der Waals surface area contributed by atoms with Gasteiger partial charge in [0, 0.05) is 0 Å².